The number of carbonyl (C=O) groups is 1. The van der Waals surface area contributed by atoms with Crippen molar-refractivity contribution < 1.29 is 4.79 Å². The summed E-state index contributed by atoms with van der Waals surface area (Å²) in [7, 11) is 0. The van der Waals surface area contributed by atoms with Crippen LogP contribution in [0.4, 0.5) is 0 Å². The second-order valence-corrected chi connectivity index (χ2v) is 2.10. The molecule has 2 N–H and O–H groups in total. The molecule has 62 valence electrons. The summed E-state index contributed by atoms with van der Waals surface area (Å²) in [6, 6.07) is -0.264. The summed E-state index contributed by atoms with van der Waals surface area (Å²) in [5, 5.41) is 0. The summed E-state index contributed by atoms with van der Waals surface area (Å²) >= 11 is 0. The van der Waals surface area contributed by atoms with Gasteiger partial charge in [-0.2, -0.15) is 0 Å². The molecule has 0 bridgehead atoms. The minimum atomic E-state index is -0.264. The zero-order chi connectivity index (χ0) is 8.57. The van der Waals surface area contributed by atoms with Gasteiger partial charge in [-0.05, 0) is 5.92 Å². The first-order chi connectivity index (χ1) is 4.72. The van der Waals surface area contributed by atoms with E-state index in [9.17, 15) is 4.79 Å². The summed E-state index contributed by atoms with van der Waals surface area (Å²) < 4.78 is 0. The molecule has 2 nitrogen and oxygen atoms in total. The molecule has 0 spiro atoms. The summed E-state index contributed by atoms with van der Waals surface area (Å²) in [5.41, 5.74) is 5.36. The van der Waals surface area contributed by atoms with E-state index in [0.717, 1.165) is 12.7 Å². The van der Waals surface area contributed by atoms with Gasteiger partial charge in [-0.1, -0.05) is 34.1 Å². The van der Waals surface area contributed by atoms with E-state index in [-0.39, 0.29) is 6.04 Å². The lowest BCUT2D eigenvalue weighted by atomic mass is 10.0. The maximum absolute atomic E-state index is 9.98. The third kappa shape index (κ3) is 5.76. The van der Waals surface area contributed by atoms with Crippen molar-refractivity contribution in [3.8, 4) is 0 Å². The number of aldehydes is 1. The molecule has 0 aromatic rings. The molecule has 0 amide bonds. The van der Waals surface area contributed by atoms with E-state index in [1.165, 1.54) is 0 Å². The molecule has 0 saturated heterocycles. The predicted molar refractivity (Wildman–Crippen MR) is 44.8 cm³/mol. The minimum absolute atomic E-state index is 0.264. The topological polar surface area (TPSA) is 43.1 Å². The molecule has 0 aromatic carbocycles. The lowest BCUT2D eigenvalue weighted by Gasteiger charge is -2.09. The smallest absolute Gasteiger partial charge is 0.136 e. The van der Waals surface area contributed by atoms with E-state index >= 15 is 0 Å². The van der Waals surface area contributed by atoms with Crippen LogP contribution in [-0.4, -0.2) is 12.3 Å². The highest BCUT2D eigenvalue weighted by molar-refractivity contribution is 5.57. The van der Waals surface area contributed by atoms with Crippen molar-refractivity contribution in [2.45, 2.75) is 40.2 Å². The fraction of sp³-hybridized carbons (Fsp3) is 0.875. The first kappa shape index (κ1) is 12.3. The summed E-state index contributed by atoms with van der Waals surface area (Å²) in [5.74, 6) is 0.326. The van der Waals surface area contributed by atoms with Crippen LogP contribution in [0, 0.1) is 5.92 Å². The Morgan fingerprint density at radius 2 is 1.90 bits per heavy atom. The molecule has 0 aromatic heterocycles. The van der Waals surface area contributed by atoms with E-state index in [4.69, 9.17) is 5.73 Å². The highest BCUT2D eigenvalue weighted by Crippen LogP contribution is 2.01. The van der Waals surface area contributed by atoms with E-state index in [1.54, 1.807) is 0 Å². The Kier molecular flexibility index (Phi) is 10.6. The Bertz CT molecular complexity index is 73.7. The van der Waals surface area contributed by atoms with Gasteiger partial charge in [0.05, 0.1) is 6.04 Å². The fourth-order valence-electron chi connectivity index (χ4n) is 0.406. The largest absolute Gasteiger partial charge is 0.322 e. The number of carbonyl (C=O) groups excluding carboxylic acids is 1. The van der Waals surface area contributed by atoms with Crippen molar-refractivity contribution in [3.63, 3.8) is 0 Å². The highest BCUT2D eigenvalue weighted by Gasteiger charge is 2.07. The molecule has 0 radical (unpaired) electrons. The minimum Gasteiger partial charge on any atom is -0.322 e. The summed E-state index contributed by atoms with van der Waals surface area (Å²) in [6.45, 7) is 7.99. The van der Waals surface area contributed by atoms with Gasteiger partial charge in [-0.15, -0.1) is 0 Å². The van der Waals surface area contributed by atoms with Crippen LogP contribution in [0.25, 0.3) is 0 Å². The normalized spacial score (nSPS) is 14.5. The summed E-state index contributed by atoms with van der Waals surface area (Å²) in [4.78, 5) is 9.98. The Morgan fingerprint density at radius 3 is 2.00 bits per heavy atom. The van der Waals surface area contributed by atoms with Gasteiger partial charge in [0, 0.05) is 0 Å². The van der Waals surface area contributed by atoms with Crippen LogP contribution < -0.4 is 5.73 Å². The van der Waals surface area contributed by atoms with Gasteiger partial charge in [-0.3, -0.25) is 0 Å². The molecular weight excluding hydrogens is 126 g/mol. The van der Waals surface area contributed by atoms with Crippen molar-refractivity contribution in [3.05, 3.63) is 0 Å². The van der Waals surface area contributed by atoms with Crippen molar-refractivity contribution in [1.29, 1.82) is 0 Å². The van der Waals surface area contributed by atoms with Gasteiger partial charge in [-0.25, -0.2) is 0 Å². The third-order valence-corrected chi connectivity index (χ3v) is 1.46. The van der Waals surface area contributed by atoms with Crippen molar-refractivity contribution in [2.75, 3.05) is 0 Å². The number of hydrogen-bond donors (Lipinski definition) is 1. The van der Waals surface area contributed by atoms with Crippen LogP contribution in [-0.2, 0) is 4.79 Å². The molecule has 0 saturated carbocycles. The molecule has 0 rings (SSSR count). The van der Waals surface area contributed by atoms with Crippen LogP contribution in [0.5, 0.6) is 0 Å². The standard InChI is InChI=1S/C6H13NO.C2H6/c1-3-5(2)6(7)4-8;1-2/h4-6H,3,7H2,1-2H3;1-2H3. The maximum atomic E-state index is 9.98. The third-order valence-electron chi connectivity index (χ3n) is 1.46. The van der Waals surface area contributed by atoms with E-state index < -0.39 is 0 Å². The van der Waals surface area contributed by atoms with Crippen LogP contribution >= 0.6 is 0 Å². The molecule has 0 aliphatic carbocycles. The zero-order valence-electron chi connectivity index (χ0n) is 7.42. The Hall–Kier alpha value is -0.370. The Morgan fingerprint density at radius 1 is 1.50 bits per heavy atom. The quantitative estimate of drug-likeness (QED) is 0.613. The van der Waals surface area contributed by atoms with Gasteiger partial charge in [0.2, 0.25) is 0 Å². The predicted octanol–water partition coefficient (Wildman–Crippen LogP) is 1.58. The highest BCUT2D eigenvalue weighted by atomic mass is 16.1. The Labute approximate surface area is 63.8 Å². The molecule has 0 aliphatic heterocycles. The van der Waals surface area contributed by atoms with E-state index in [0.29, 0.717) is 5.92 Å². The van der Waals surface area contributed by atoms with Crippen LogP contribution in [0.1, 0.15) is 34.1 Å². The van der Waals surface area contributed by atoms with Crippen molar-refractivity contribution in [2.24, 2.45) is 11.7 Å². The van der Waals surface area contributed by atoms with E-state index in [1.807, 2.05) is 27.7 Å². The SMILES string of the molecule is CC.CCC(C)C(N)C=O. The zero-order valence-corrected chi connectivity index (χ0v) is 7.42. The average molecular weight is 145 g/mol. The monoisotopic (exact) mass is 145 g/mol. The van der Waals surface area contributed by atoms with Gasteiger partial charge in [0.1, 0.15) is 6.29 Å². The van der Waals surface area contributed by atoms with Gasteiger partial charge in [0.25, 0.3) is 0 Å². The molecule has 2 atom stereocenters. The van der Waals surface area contributed by atoms with Crippen LogP contribution in [0.15, 0.2) is 0 Å². The van der Waals surface area contributed by atoms with Crippen LogP contribution in [0.3, 0.4) is 0 Å². The number of nitrogens with two attached hydrogens (primary N) is 1. The van der Waals surface area contributed by atoms with Gasteiger partial charge < -0.3 is 10.5 Å². The molecule has 0 aliphatic rings. The van der Waals surface area contributed by atoms with Gasteiger partial charge >= 0.3 is 0 Å². The average Bonchev–Trinajstić information content (AvgIpc) is 2.05. The molecule has 10 heavy (non-hydrogen) atoms. The summed E-state index contributed by atoms with van der Waals surface area (Å²) in [6.07, 6.45) is 1.77. The van der Waals surface area contributed by atoms with E-state index in [2.05, 4.69) is 0 Å². The second-order valence-electron chi connectivity index (χ2n) is 2.10. The molecule has 0 fully saturated rings. The fourth-order valence-corrected chi connectivity index (χ4v) is 0.406. The number of rotatable bonds is 3. The first-order valence-electron chi connectivity index (χ1n) is 3.93. The lowest BCUT2D eigenvalue weighted by molar-refractivity contribution is -0.109. The van der Waals surface area contributed by atoms with Crippen LogP contribution in [0.2, 0.25) is 0 Å². The Balaban J connectivity index is 0. The maximum Gasteiger partial charge on any atom is 0.136 e. The van der Waals surface area contributed by atoms with Crippen molar-refractivity contribution >= 4 is 6.29 Å². The molecule has 2 unspecified atom stereocenters. The van der Waals surface area contributed by atoms with Crippen molar-refractivity contribution in [1.82, 2.24) is 0 Å². The first-order valence-corrected chi connectivity index (χ1v) is 3.93. The lowest BCUT2D eigenvalue weighted by Crippen LogP contribution is -2.28. The molecular formula is C8H19NO. The van der Waals surface area contributed by atoms with Gasteiger partial charge in [0.15, 0.2) is 0 Å². The molecule has 0 heterocycles. The number of hydrogen-bond acceptors (Lipinski definition) is 2. The second kappa shape index (κ2) is 8.63. The molecule has 2 heteroatoms.